The van der Waals surface area contributed by atoms with Crippen molar-refractivity contribution in [3.05, 3.63) is 42.0 Å². The van der Waals surface area contributed by atoms with E-state index in [1.807, 2.05) is 19.1 Å². The highest BCUT2D eigenvalue weighted by Gasteiger charge is 2.06. The lowest BCUT2D eigenvalue weighted by atomic mass is 10.1. The third-order valence-corrected chi connectivity index (χ3v) is 2.60. The van der Waals surface area contributed by atoms with Gasteiger partial charge in [0.05, 0.1) is 0 Å². The van der Waals surface area contributed by atoms with Gasteiger partial charge in [0.25, 0.3) is 0 Å². The van der Waals surface area contributed by atoms with Crippen molar-refractivity contribution in [3.63, 3.8) is 0 Å². The zero-order chi connectivity index (χ0) is 12.7. The normalized spacial score (nSPS) is 12.2. The highest BCUT2D eigenvalue weighted by molar-refractivity contribution is 5.37. The Balaban J connectivity index is 2.76. The summed E-state index contributed by atoms with van der Waals surface area (Å²) in [7, 11) is 0. The fourth-order valence-corrected chi connectivity index (χ4v) is 1.61. The standard InChI is InChI=1S/C15H23NO/c1-5-9-16-11-14-10-12(3)7-8-15(14)17-13(4)6-2/h6-8,10,13,16H,2,5,9,11H2,1,3-4H3. The summed E-state index contributed by atoms with van der Waals surface area (Å²) in [5.74, 6) is 0.951. The van der Waals surface area contributed by atoms with Crippen LogP contribution >= 0.6 is 0 Å². The predicted molar refractivity (Wildman–Crippen MR) is 73.5 cm³/mol. The van der Waals surface area contributed by atoms with Crippen molar-refractivity contribution < 1.29 is 4.74 Å². The summed E-state index contributed by atoms with van der Waals surface area (Å²) in [6, 6.07) is 6.29. The molecule has 2 heteroatoms. The maximum atomic E-state index is 5.82. The number of hydrogen-bond acceptors (Lipinski definition) is 2. The van der Waals surface area contributed by atoms with E-state index in [1.165, 1.54) is 11.1 Å². The first-order chi connectivity index (χ1) is 8.17. The van der Waals surface area contributed by atoms with Crippen molar-refractivity contribution in [1.82, 2.24) is 5.32 Å². The van der Waals surface area contributed by atoms with Gasteiger partial charge >= 0.3 is 0 Å². The number of aryl methyl sites for hydroxylation is 1. The molecule has 0 heterocycles. The zero-order valence-corrected chi connectivity index (χ0v) is 11.1. The molecule has 94 valence electrons. The lowest BCUT2D eigenvalue weighted by Gasteiger charge is -2.15. The number of hydrogen-bond donors (Lipinski definition) is 1. The largest absolute Gasteiger partial charge is 0.486 e. The van der Waals surface area contributed by atoms with Gasteiger partial charge < -0.3 is 10.1 Å². The van der Waals surface area contributed by atoms with Crippen LogP contribution < -0.4 is 10.1 Å². The van der Waals surface area contributed by atoms with Crippen LogP contribution in [0.5, 0.6) is 5.75 Å². The summed E-state index contributed by atoms with van der Waals surface area (Å²) in [6.07, 6.45) is 3.00. The van der Waals surface area contributed by atoms with Crippen molar-refractivity contribution >= 4 is 0 Å². The van der Waals surface area contributed by atoms with Gasteiger partial charge in [-0.15, -0.1) is 0 Å². The van der Waals surface area contributed by atoms with E-state index in [4.69, 9.17) is 4.74 Å². The molecule has 17 heavy (non-hydrogen) atoms. The number of nitrogens with one attached hydrogen (secondary N) is 1. The zero-order valence-electron chi connectivity index (χ0n) is 11.1. The lowest BCUT2D eigenvalue weighted by Crippen LogP contribution is -2.16. The summed E-state index contributed by atoms with van der Waals surface area (Å²) < 4.78 is 5.82. The minimum Gasteiger partial charge on any atom is -0.486 e. The molecule has 0 aliphatic carbocycles. The van der Waals surface area contributed by atoms with Gasteiger partial charge in [-0.2, -0.15) is 0 Å². The molecular weight excluding hydrogens is 210 g/mol. The quantitative estimate of drug-likeness (QED) is 0.575. The molecule has 0 bridgehead atoms. The summed E-state index contributed by atoms with van der Waals surface area (Å²) in [5.41, 5.74) is 2.48. The van der Waals surface area contributed by atoms with Gasteiger partial charge in [-0.05, 0) is 32.9 Å². The Bertz CT molecular complexity index is 360. The van der Waals surface area contributed by atoms with Crippen molar-refractivity contribution in [2.45, 2.75) is 39.8 Å². The Morgan fingerprint density at radius 1 is 1.47 bits per heavy atom. The molecule has 0 spiro atoms. The summed E-state index contributed by atoms with van der Waals surface area (Å²) in [4.78, 5) is 0. The molecule has 1 atom stereocenters. The Morgan fingerprint density at radius 3 is 2.88 bits per heavy atom. The second kappa shape index (κ2) is 7.13. The monoisotopic (exact) mass is 233 g/mol. The van der Waals surface area contributed by atoms with Crippen LogP contribution in [0, 0.1) is 6.92 Å². The van der Waals surface area contributed by atoms with Gasteiger partial charge in [-0.25, -0.2) is 0 Å². The van der Waals surface area contributed by atoms with Crippen molar-refractivity contribution in [2.75, 3.05) is 6.54 Å². The third kappa shape index (κ3) is 4.61. The van der Waals surface area contributed by atoms with Crippen molar-refractivity contribution in [2.24, 2.45) is 0 Å². The van der Waals surface area contributed by atoms with E-state index in [0.717, 1.165) is 25.3 Å². The maximum absolute atomic E-state index is 5.82. The SMILES string of the molecule is C=CC(C)Oc1ccc(C)cc1CNCCC. The van der Waals surface area contributed by atoms with Gasteiger partial charge in [-0.3, -0.25) is 0 Å². The Kier molecular flexibility index (Phi) is 5.78. The molecular formula is C15H23NO. The van der Waals surface area contributed by atoms with E-state index in [1.54, 1.807) is 0 Å². The number of benzene rings is 1. The first-order valence-corrected chi connectivity index (χ1v) is 6.26. The van der Waals surface area contributed by atoms with Gasteiger partial charge in [-0.1, -0.05) is 37.3 Å². The molecule has 0 amide bonds. The molecule has 0 aromatic heterocycles. The molecule has 0 fully saturated rings. The second-order valence-electron chi connectivity index (χ2n) is 4.35. The first kappa shape index (κ1) is 13.8. The fraction of sp³-hybridized carbons (Fsp3) is 0.467. The molecule has 0 aliphatic heterocycles. The molecule has 0 radical (unpaired) electrons. The van der Waals surface area contributed by atoms with Crippen LogP contribution in [0.25, 0.3) is 0 Å². The third-order valence-electron chi connectivity index (χ3n) is 2.60. The van der Waals surface area contributed by atoms with E-state index >= 15 is 0 Å². The molecule has 0 saturated heterocycles. The van der Waals surface area contributed by atoms with Crippen LogP contribution in [-0.4, -0.2) is 12.6 Å². The lowest BCUT2D eigenvalue weighted by molar-refractivity contribution is 0.267. The Morgan fingerprint density at radius 2 is 2.24 bits per heavy atom. The van der Waals surface area contributed by atoms with Crippen LogP contribution in [0.4, 0.5) is 0 Å². The topological polar surface area (TPSA) is 21.3 Å². The summed E-state index contributed by atoms with van der Waals surface area (Å²) in [6.45, 7) is 11.9. The highest BCUT2D eigenvalue weighted by Crippen LogP contribution is 2.21. The number of rotatable bonds is 7. The van der Waals surface area contributed by atoms with Gasteiger partial charge in [0, 0.05) is 12.1 Å². The van der Waals surface area contributed by atoms with Gasteiger partial charge in [0.2, 0.25) is 0 Å². The fourth-order valence-electron chi connectivity index (χ4n) is 1.61. The summed E-state index contributed by atoms with van der Waals surface area (Å²) >= 11 is 0. The number of ether oxygens (including phenoxy) is 1. The average molecular weight is 233 g/mol. The summed E-state index contributed by atoms with van der Waals surface area (Å²) in [5, 5.41) is 3.40. The highest BCUT2D eigenvalue weighted by atomic mass is 16.5. The smallest absolute Gasteiger partial charge is 0.124 e. The molecule has 0 aliphatic rings. The van der Waals surface area contributed by atoms with E-state index in [2.05, 4.69) is 37.9 Å². The maximum Gasteiger partial charge on any atom is 0.124 e. The van der Waals surface area contributed by atoms with Crippen molar-refractivity contribution in [1.29, 1.82) is 0 Å². The minimum atomic E-state index is 0.0441. The van der Waals surface area contributed by atoms with E-state index in [0.29, 0.717) is 0 Å². The van der Waals surface area contributed by atoms with Crippen LogP contribution in [0.3, 0.4) is 0 Å². The van der Waals surface area contributed by atoms with Crippen LogP contribution in [-0.2, 0) is 6.54 Å². The molecule has 1 aromatic rings. The minimum absolute atomic E-state index is 0.0441. The van der Waals surface area contributed by atoms with E-state index in [-0.39, 0.29) is 6.10 Å². The van der Waals surface area contributed by atoms with Crippen molar-refractivity contribution in [3.8, 4) is 5.75 Å². The average Bonchev–Trinajstić information content (AvgIpc) is 2.32. The van der Waals surface area contributed by atoms with Crippen LogP contribution in [0.2, 0.25) is 0 Å². The van der Waals surface area contributed by atoms with Gasteiger partial charge in [0.1, 0.15) is 11.9 Å². The van der Waals surface area contributed by atoms with E-state index in [9.17, 15) is 0 Å². The van der Waals surface area contributed by atoms with Crippen LogP contribution in [0.15, 0.2) is 30.9 Å². The predicted octanol–water partition coefficient (Wildman–Crippen LogP) is 3.45. The van der Waals surface area contributed by atoms with Gasteiger partial charge in [0.15, 0.2) is 0 Å². The first-order valence-electron chi connectivity index (χ1n) is 6.26. The van der Waals surface area contributed by atoms with Crippen LogP contribution in [0.1, 0.15) is 31.4 Å². The molecule has 1 rings (SSSR count). The molecule has 1 aromatic carbocycles. The molecule has 1 N–H and O–H groups in total. The Labute approximate surface area is 105 Å². The second-order valence-corrected chi connectivity index (χ2v) is 4.35. The van der Waals surface area contributed by atoms with E-state index < -0.39 is 0 Å². The molecule has 0 saturated carbocycles. The molecule has 2 nitrogen and oxygen atoms in total. The molecule has 1 unspecified atom stereocenters. The Hall–Kier alpha value is -1.28.